The summed E-state index contributed by atoms with van der Waals surface area (Å²) in [6.07, 6.45) is 0.516. The van der Waals surface area contributed by atoms with Crippen LogP contribution in [0.1, 0.15) is 31.4 Å². The third kappa shape index (κ3) is 4.04. The molecule has 0 aliphatic rings. The lowest BCUT2D eigenvalue weighted by molar-refractivity contribution is 0.134. The Bertz CT molecular complexity index is 316. The average Bonchev–Trinajstić information content (AvgIpc) is 2.15. The van der Waals surface area contributed by atoms with E-state index in [2.05, 4.69) is 0 Å². The zero-order chi connectivity index (χ0) is 11.4. The summed E-state index contributed by atoms with van der Waals surface area (Å²) in [5, 5.41) is 9.58. The fourth-order valence-electron chi connectivity index (χ4n) is 1.47. The number of rotatable bonds is 4. The van der Waals surface area contributed by atoms with E-state index in [-0.39, 0.29) is 18.0 Å². The molecule has 0 radical (unpaired) electrons. The van der Waals surface area contributed by atoms with Gasteiger partial charge in [-0.05, 0) is 24.1 Å². The molecule has 0 bridgehead atoms. The predicted octanol–water partition coefficient (Wildman–Crippen LogP) is 2.55. The largest absolute Gasteiger partial charge is 0.391 e. The van der Waals surface area contributed by atoms with Gasteiger partial charge < -0.3 is 10.8 Å². The SMILES string of the molecule is CCC[C@H](O)[C@H](N)c1cc(F)cc(F)c1.Cl. The summed E-state index contributed by atoms with van der Waals surface area (Å²) in [4.78, 5) is 0. The number of benzene rings is 1. The van der Waals surface area contributed by atoms with Crippen LogP contribution >= 0.6 is 12.4 Å². The molecule has 0 heterocycles. The van der Waals surface area contributed by atoms with Crippen molar-refractivity contribution in [1.29, 1.82) is 0 Å². The van der Waals surface area contributed by atoms with E-state index < -0.39 is 23.8 Å². The van der Waals surface area contributed by atoms with Crippen molar-refractivity contribution in [1.82, 2.24) is 0 Å². The van der Waals surface area contributed by atoms with Crippen LogP contribution in [0.3, 0.4) is 0 Å². The van der Waals surface area contributed by atoms with E-state index in [9.17, 15) is 13.9 Å². The molecule has 1 aromatic rings. The quantitative estimate of drug-likeness (QED) is 0.864. The van der Waals surface area contributed by atoms with Crippen molar-refractivity contribution in [2.75, 3.05) is 0 Å². The van der Waals surface area contributed by atoms with Crippen LogP contribution in [-0.4, -0.2) is 11.2 Å². The first-order valence-corrected chi connectivity index (χ1v) is 4.94. The average molecular weight is 252 g/mol. The van der Waals surface area contributed by atoms with Gasteiger partial charge in [0.25, 0.3) is 0 Å². The maximum Gasteiger partial charge on any atom is 0.126 e. The fourth-order valence-corrected chi connectivity index (χ4v) is 1.47. The highest BCUT2D eigenvalue weighted by atomic mass is 35.5. The Morgan fingerprint density at radius 1 is 1.25 bits per heavy atom. The number of nitrogens with two attached hydrogens (primary N) is 1. The van der Waals surface area contributed by atoms with Gasteiger partial charge in [0.2, 0.25) is 0 Å². The Labute approximate surface area is 99.9 Å². The summed E-state index contributed by atoms with van der Waals surface area (Å²) in [5.41, 5.74) is 5.96. The molecule has 0 fully saturated rings. The zero-order valence-electron chi connectivity index (χ0n) is 8.99. The molecule has 1 rings (SSSR count). The van der Waals surface area contributed by atoms with E-state index >= 15 is 0 Å². The number of halogens is 3. The van der Waals surface area contributed by atoms with Crippen molar-refractivity contribution in [3.8, 4) is 0 Å². The van der Waals surface area contributed by atoms with E-state index in [1.165, 1.54) is 0 Å². The molecule has 0 aliphatic carbocycles. The zero-order valence-corrected chi connectivity index (χ0v) is 9.81. The van der Waals surface area contributed by atoms with E-state index in [0.29, 0.717) is 6.42 Å². The Morgan fingerprint density at radius 2 is 1.75 bits per heavy atom. The molecule has 0 spiro atoms. The van der Waals surface area contributed by atoms with Gasteiger partial charge >= 0.3 is 0 Å². The second-order valence-electron chi connectivity index (χ2n) is 3.58. The molecule has 2 atom stereocenters. The van der Waals surface area contributed by atoms with Crippen molar-refractivity contribution < 1.29 is 13.9 Å². The van der Waals surface area contributed by atoms with Crippen molar-refractivity contribution in [2.24, 2.45) is 5.73 Å². The molecular weight excluding hydrogens is 236 g/mol. The smallest absolute Gasteiger partial charge is 0.126 e. The Hall–Kier alpha value is -0.710. The standard InChI is InChI=1S/C11H15F2NO.ClH/c1-2-3-10(15)11(14)7-4-8(12)6-9(13)5-7;/h4-6,10-11,15H,2-3,14H2,1H3;1H/t10-,11+;/m0./s1. The number of aliphatic hydroxyl groups is 1. The van der Waals surface area contributed by atoms with E-state index in [1.807, 2.05) is 6.92 Å². The fraction of sp³-hybridized carbons (Fsp3) is 0.455. The molecule has 2 nitrogen and oxygen atoms in total. The minimum absolute atomic E-state index is 0. The van der Waals surface area contributed by atoms with Gasteiger partial charge in [-0.2, -0.15) is 0 Å². The second kappa shape index (κ2) is 6.78. The molecular formula is C11H16ClF2NO. The lowest BCUT2D eigenvalue weighted by atomic mass is 9.99. The molecule has 1 aromatic carbocycles. The molecule has 0 aromatic heterocycles. The summed E-state index contributed by atoms with van der Waals surface area (Å²) < 4.78 is 25.7. The Morgan fingerprint density at radius 3 is 2.19 bits per heavy atom. The molecule has 0 saturated carbocycles. The minimum Gasteiger partial charge on any atom is -0.391 e. The summed E-state index contributed by atoms with van der Waals surface area (Å²) in [6.45, 7) is 1.90. The topological polar surface area (TPSA) is 46.2 Å². The van der Waals surface area contributed by atoms with E-state index in [4.69, 9.17) is 5.73 Å². The highest BCUT2D eigenvalue weighted by molar-refractivity contribution is 5.85. The maximum absolute atomic E-state index is 12.9. The molecule has 92 valence electrons. The summed E-state index contributed by atoms with van der Waals surface area (Å²) in [7, 11) is 0. The van der Waals surface area contributed by atoms with Gasteiger partial charge in [-0.15, -0.1) is 12.4 Å². The summed E-state index contributed by atoms with van der Waals surface area (Å²) >= 11 is 0. The lowest BCUT2D eigenvalue weighted by Gasteiger charge is -2.18. The highest BCUT2D eigenvalue weighted by Crippen LogP contribution is 2.19. The molecule has 0 unspecified atom stereocenters. The van der Waals surface area contributed by atoms with E-state index in [0.717, 1.165) is 24.6 Å². The van der Waals surface area contributed by atoms with Crippen LogP contribution in [0.4, 0.5) is 8.78 Å². The van der Waals surface area contributed by atoms with Crippen LogP contribution in [0.5, 0.6) is 0 Å². The van der Waals surface area contributed by atoms with Crippen LogP contribution in [0, 0.1) is 11.6 Å². The van der Waals surface area contributed by atoms with Gasteiger partial charge in [-0.3, -0.25) is 0 Å². The highest BCUT2D eigenvalue weighted by Gasteiger charge is 2.17. The first kappa shape index (κ1) is 15.3. The molecule has 16 heavy (non-hydrogen) atoms. The third-order valence-corrected chi connectivity index (χ3v) is 2.27. The summed E-state index contributed by atoms with van der Waals surface area (Å²) in [6, 6.07) is 2.33. The van der Waals surface area contributed by atoms with Gasteiger partial charge in [0.05, 0.1) is 12.1 Å². The first-order chi connectivity index (χ1) is 7.04. The molecule has 5 heteroatoms. The third-order valence-electron chi connectivity index (χ3n) is 2.27. The van der Waals surface area contributed by atoms with Crippen molar-refractivity contribution in [3.63, 3.8) is 0 Å². The van der Waals surface area contributed by atoms with Gasteiger partial charge in [0.15, 0.2) is 0 Å². The number of hydrogen-bond donors (Lipinski definition) is 2. The van der Waals surface area contributed by atoms with E-state index in [1.54, 1.807) is 0 Å². The predicted molar refractivity (Wildman–Crippen MR) is 61.4 cm³/mol. The van der Waals surface area contributed by atoms with Crippen LogP contribution in [0.25, 0.3) is 0 Å². The van der Waals surface area contributed by atoms with Crippen molar-refractivity contribution in [2.45, 2.75) is 31.9 Å². The Kier molecular flexibility index (Phi) is 6.48. The lowest BCUT2D eigenvalue weighted by Crippen LogP contribution is -2.26. The van der Waals surface area contributed by atoms with Gasteiger partial charge in [0, 0.05) is 6.07 Å². The van der Waals surface area contributed by atoms with Crippen LogP contribution in [0.15, 0.2) is 18.2 Å². The number of aliphatic hydroxyl groups excluding tert-OH is 1. The molecule has 0 amide bonds. The molecule has 0 saturated heterocycles. The normalized spacial score (nSPS) is 14.1. The van der Waals surface area contributed by atoms with Crippen molar-refractivity contribution >= 4 is 12.4 Å². The van der Waals surface area contributed by atoms with Crippen LogP contribution < -0.4 is 5.73 Å². The number of hydrogen-bond acceptors (Lipinski definition) is 2. The van der Waals surface area contributed by atoms with Crippen molar-refractivity contribution in [3.05, 3.63) is 35.4 Å². The van der Waals surface area contributed by atoms with Gasteiger partial charge in [0.1, 0.15) is 11.6 Å². The minimum atomic E-state index is -0.767. The van der Waals surface area contributed by atoms with Crippen LogP contribution in [-0.2, 0) is 0 Å². The van der Waals surface area contributed by atoms with Crippen LogP contribution in [0.2, 0.25) is 0 Å². The second-order valence-corrected chi connectivity index (χ2v) is 3.58. The van der Waals surface area contributed by atoms with Gasteiger partial charge in [-0.25, -0.2) is 8.78 Å². The first-order valence-electron chi connectivity index (χ1n) is 4.94. The summed E-state index contributed by atoms with van der Waals surface area (Å²) in [5.74, 6) is -1.35. The van der Waals surface area contributed by atoms with Gasteiger partial charge in [-0.1, -0.05) is 13.3 Å². The Balaban J connectivity index is 0.00000225. The maximum atomic E-state index is 12.9. The molecule has 0 aliphatic heterocycles. The monoisotopic (exact) mass is 251 g/mol. The molecule has 3 N–H and O–H groups in total.